The summed E-state index contributed by atoms with van der Waals surface area (Å²) in [5.74, 6) is -4.26. The van der Waals surface area contributed by atoms with E-state index in [-0.39, 0.29) is 35.5 Å². The predicted molar refractivity (Wildman–Crippen MR) is 178 cm³/mol. The molecule has 1 unspecified atom stereocenters. The number of amides is 1. The lowest BCUT2D eigenvalue weighted by Crippen LogP contribution is -2.44. The van der Waals surface area contributed by atoms with Crippen molar-refractivity contribution in [3.8, 4) is 0 Å². The maximum Gasteiger partial charge on any atom is 0.416 e. The first-order valence-corrected chi connectivity index (χ1v) is 15.8. The SMILES string of the molecule is C=C(/C=C(\C=C(/F)[C@H](CC(=O)O)NC(=O)C(CC(C)C)n1cc(CCCN(C)C)c(C(F)(F)F)cc1=O)c1c(C)cc(C)cc1C)C(F)(F)F. The molecule has 14 heteroatoms. The van der Waals surface area contributed by atoms with E-state index in [4.69, 9.17) is 0 Å². The molecule has 0 aliphatic rings. The van der Waals surface area contributed by atoms with Gasteiger partial charge in [-0.1, -0.05) is 38.1 Å². The van der Waals surface area contributed by atoms with E-state index in [1.165, 1.54) is 0 Å². The van der Waals surface area contributed by atoms with Gasteiger partial charge in [-0.2, -0.15) is 26.3 Å². The number of aryl methyl sites for hydroxylation is 4. The molecule has 2 rings (SSSR count). The Morgan fingerprint density at radius 1 is 1.02 bits per heavy atom. The standard InChI is InChI=1S/C36H44F7N3O4/c1-20(2)12-30(46-19-25(10-9-11-45(7)8)27(17-31(46)47)36(41,42)43)34(50)44-29(18-32(48)49)28(37)16-26(15-24(6)35(38,39)40)33-22(4)13-21(3)14-23(33)5/h13-17,19-20,29-30H,6,9-12,18H2,1-5,7-8H3,(H,44,50)(H,48,49)/b26-15+,28-16-/t29-,30?/m0/s1. The van der Waals surface area contributed by atoms with Crippen LogP contribution in [0.15, 0.2) is 59.3 Å². The van der Waals surface area contributed by atoms with Crippen LogP contribution in [0.4, 0.5) is 30.7 Å². The van der Waals surface area contributed by atoms with Gasteiger partial charge in [-0.3, -0.25) is 14.4 Å². The van der Waals surface area contributed by atoms with Gasteiger partial charge < -0.3 is 19.9 Å². The minimum atomic E-state index is -4.87. The maximum atomic E-state index is 16.1. The van der Waals surface area contributed by atoms with Crippen molar-refractivity contribution in [3.63, 3.8) is 0 Å². The molecule has 0 bridgehead atoms. The number of carboxylic acid groups (broad SMARTS) is 1. The first-order valence-electron chi connectivity index (χ1n) is 15.8. The van der Waals surface area contributed by atoms with Crippen molar-refractivity contribution in [1.29, 1.82) is 0 Å². The summed E-state index contributed by atoms with van der Waals surface area (Å²) in [6.45, 7) is 11.8. The van der Waals surface area contributed by atoms with Crippen molar-refractivity contribution in [3.05, 3.63) is 98.3 Å². The molecule has 0 aliphatic heterocycles. The summed E-state index contributed by atoms with van der Waals surface area (Å²) in [4.78, 5) is 40.5. The predicted octanol–water partition coefficient (Wildman–Crippen LogP) is 7.89. The van der Waals surface area contributed by atoms with Gasteiger partial charge in [0.2, 0.25) is 5.91 Å². The van der Waals surface area contributed by atoms with Crippen molar-refractivity contribution in [1.82, 2.24) is 14.8 Å². The molecule has 1 heterocycles. The van der Waals surface area contributed by atoms with E-state index in [1.54, 1.807) is 65.7 Å². The van der Waals surface area contributed by atoms with Crippen LogP contribution in [0.25, 0.3) is 5.57 Å². The molecule has 2 N–H and O–H groups in total. The number of carboxylic acids is 1. The van der Waals surface area contributed by atoms with Crippen molar-refractivity contribution >= 4 is 17.4 Å². The number of hydrogen-bond acceptors (Lipinski definition) is 4. The summed E-state index contributed by atoms with van der Waals surface area (Å²) >= 11 is 0. The van der Waals surface area contributed by atoms with Crippen LogP contribution in [-0.4, -0.2) is 59.3 Å². The lowest BCUT2D eigenvalue weighted by atomic mass is 9.91. The summed E-state index contributed by atoms with van der Waals surface area (Å²) in [6.07, 6.45) is -8.40. The van der Waals surface area contributed by atoms with Crippen LogP contribution in [0.1, 0.15) is 72.5 Å². The van der Waals surface area contributed by atoms with E-state index in [0.717, 1.165) is 16.3 Å². The molecule has 0 fully saturated rings. The van der Waals surface area contributed by atoms with Gasteiger partial charge in [0.05, 0.1) is 18.0 Å². The maximum absolute atomic E-state index is 16.1. The number of halogens is 7. The number of pyridine rings is 1. The number of carbonyl (C=O) groups excluding carboxylic acids is 1. The molecule has 0 spiro atoms. The molecule has 0 radical (unpaired) electrons. The molecule has 0 saturated heterocycles. The number of nitrogens with zero attached hydrogens (tertiary/aromatic N) is 2. The van der Waals surface area contributed by atoms with Gasteiger partial charge in [0, 0.05) is 17.8 Å². The number of rotatable bonds is 15. The Morgan fingerprint density at radius 2 is 1.60 bits per heavy atom. The topological polar surface area (TPSA) is 91.6 Å². The Morgan fingerprint density at radius 3 is 2.08 bits per heavy atom. The smallest absolute Gasteiger partial charge is 0.416 e. The number of aromatic nitrogens is 1. The Hall–Kier alpha value is -4.20. The van der Waals surface area contributed by atoms with Gasteiger partial charge in [-0.05, 0) is 107 Å². The molecular formula is C36H44F7N3O4. The number of carbonyl (C=O) groups is 2. The molecule has 1 aromatic heterocycles. The fourth-order valence-corrected chi connectivity index (χ4v) is 5.68. The van der Waals surface area contributed by atoms with Gasteiger partial charge in [0.1, 0.15) is 11.9 Å². The van der Waals surface area contributed by atoms with Crippen LogP contribution >= 0.6 is 0 Å². The van der Waals surface area contributed by atoms with Crippen molar-refractivity contribution in [2.24, 2.45) is 5.92 Å². The van der Waals surface area contributed by atoms with Crippen molar-refractivity contribution in [2.45, 2.75) is 84.7 Å². The van der Waals surface area contributed by atoms with E-state index in [1.807, 2.05) is 0 Å². The molecule has 0 aliphatic carbocycles. The number of allylic oxidation sites excluding steroid dienone is 4. The summed E-state index contributed by atoms with van der Waals surface area (Å²) in [7, 11) is 3.48. The highest BCUT2D eigenvalue weighted by atomic mass is 19.4. The van der Waals surface area contributed by atoms with Crippen LogP contribution < -0.4 is 10.9 Å². The van der Waals surface area contributed by atoms with Crippen molar-refractivity contribution in [2.75, 3.05) is 20.6 Å². The Balaban J connectivity index is 2.71. The minimum Gasteiger partial charge on any atom is -0.481 e. The highest BCUT2D eigenvalue weighted by Crippen LogP contribution is 2.34. The minimum absolute atomic E-state index is 0.0848. The second-order valence-corrected chi connectivity index (χ2v) is 13.1. The average Bonchev–Trinajstić information content (AvgIpc) is 2.94. The first kappa shape index (κ1) is 42.0. The first-order chi connectivity index (χ1) is 22.9. The van der Waals surface area contributed by atoms with Crippen LogP contribution in [0, 0.1) is 26.7 Å². The highest BCUT2D eigenvalue weighted by Gasteiger charge is 2.36. The van der Waals surface area contributed by atoms with E-state index < -0.39 is 65.3 Å². The zero-order valence-corrected chi connectivity index (χ0v) is 29.2. The van der Waals surface area contributed by atoms with E-state index in [0.29, 0.717) is 42.3 Å². The van der Waals surface area contributed by atoms with E-state index in [9.17, 15) is 45.8 Å². The molecule has 0 saturated carbocycles. The molecule has 2 atom stereocenters. The van der Waals surface area contributed by atoms with Gasteiger partial charge in [-0.15, -0.1) is 0 Å². The monoisotopic (exact) mass is 715 g/mol. The average molecular weight is 716 g/mol. The zero-order chi connectivity index (χ0) is 38.3. The Bertz CT molecular complexity index is 1660. The van der Waals surface area contributed by atoms with Crippen LogP contribution in [0.5, 0.6) is 0 Å². The zero-order valence-electron chi connectivity index (χ0n) is 29.2. The Labute approximate surface area is 287 Å². The number of nitrogens with one attached hydrogen (secondary N) is 1. The largest absolute Gasteiger partial charge is 0.481 e. The summed E-state index contributed by atoms with van der Waals surface area (Å²) in [5.41, 5.74) is -2.14. The number of benzene rings is 1. The number of aliphatic carboxylic acids is 1. The van der Waals surface area contributed by atoms with Crippen LogP contribution in [0.2, 0.25) is 0 Å². The third kappa shape index (κ3) is 12.0. The molecule has 50 heavy (non-hydrogen) atoms. The molecule has 2 aromatic rings. The molecule has 1 aromatic carbocycles. The third-order valence-electron chi connectivity index (χ3n) is 7.83. The van der Waals surface area contributed by atoms with E-state index in [2.05, 4.69) is 11.9 Å². The quantitative estimate of drug-likeness (QED) is 0.145. The molecular weight excluding hydrogens is 671 g/mol. The van der Waals surface area contributed by atoms with Crippen LogP contribution in [-0.2, 0) is 22.2 Å². The van der Waals surface area contributed by atoms with Gasteiger partial charge in [-0.25, -0.2) is 4.39 Å². The highest BCUT2D eigenvalue weighted by molar-refractivity contribution is 5.83. The molecule has 7 nitrogen and oxygen atoms in total. The normalized spacial score (nSPS) is 14.2. The Kier molecular flexibility index (Phi) is 14.4. The lowest BCUT2D eigenvalue weighted by molar-refractivity contribution is -0.139. The third-order valence-corrected chi connectivity index (χ3v) is 7.83. The van der Waals surface area contributed by atoms with Gasteiger partial charge in [0.25, 0.3) is 5.56 Å². The lowest BCUT2D eigenvalue weighted by Gasteiger charge is -2.26. The number of alkyl halides is 6. The molecule has 1 amide bonds. The fraction of sp³-hybridized carbons (Fsp3) is 0.472. The number of hydrogen-bond donors (Lipinski definition) is 2. The van der Waals surface area contributed by atoms with Crippen LogP contribution in [0.3, 0.4) is 0 Å². The van der Waals surface area contributed by atoms with Gasteiger partial charge >= 0.3 is 18.3 Å². The summed E-state index contributed by atoms with van der Waals surface area (Å²) < 4.78 is 99.4. The molecule has 276 valence electrons. The summed E-state index contributed by atoms with van der Waals surface area (Å²) in [5, 5.41) is 11.8. The summed E-state index contributed by atoms with van der Waals surface area (Å²) in [6, 6.07) is 0.331. The second kappa shape index (κ2) is 17.1. The van der Waals surface area contributed by atoms with E-state index >= 15 is 4.39 Å². The van der Waals surface area contributed by atoms with Crippen molar-refractivity contribution < 1.29 is 45.4 Å². The fourth-order valence-electron chi connectivity index (χ4n) is 5.68. The second-order valence-electron chi connectivity index (χ2n) is 13.1. The van der Waals surface area contributed by atoms with Gasteiger partial charge in [0.15, 0.2) is 0 Å².